The number of amides is 1. The molecule has 0 spiro atoms. The van der Waals surface area contributed by atoms with Gasteiger partial charge in [0.1, 0.15) is 5.75 Å². The Labute approximate surface area is 204 Å². The summed E-state index contributed by atoms with van der Waals surface area (Å²) in [4.78, 5) is 17.3. The normalized spacial score (nSPS) is 14.2. The van der Waals surface area contributed by atoms with Crippen molar-refractivity contribution in [2.75, 3.05) is 38.2 Å². The zero-order valence-corrected chi connectivity index (χ0v) is 20.1. The Balaban J connectivity index is 1.28. The quantitative estimate of drug-likeness (QED) is 0.498. The van der Waals surface area contributed by atoms with E-state index in [-0.39, 0.29) is 5.91 Å². The van der Waals surface area contributed by atoms with Gasteiger partial charge in [0.05, 0.1) is 12.8 Å². The summed E-state index contributed by atoms with van der Waals surface area (Å²) in [5, 5.41) is 4.03. The van der Waals surface area contributed by atoms with Crippen LogP contribution in [0, 0.1) is 0 Å². The van der Waals surface area contributed by atoms with Crippen LogP contribution in [0.25, 0.3) is 0 Å². The summed E-state index contributed by atoms with van der Waals surface area (Å²) in [5.41, 5.74) is 3.80. The fourth-order valence-corrected chi connectivity index (χ4v) is 4.48. The molecule has 1 fully saturated rings. The Morgan fingerprint density at radius 3 is 2.39 bits per heavy atom. The van der Waals surface area contributed by atoms with E-state index >= 15 is 0 Å². The van der Waals surface area contributed by atoms with E-state index < -0.39 is 0 Å². The first-order valence-corrected chi connectivity index (χ1v) is 11.7. The van der Waals surface area contributed by atoms with E-state index in [0.29, 0.717) is 22.2 Å². The lowest BCUT2D eigenvalue weighted by atomic mass is 10.1. The Bertz CT molecular complexity index is 1100. The minimum atomic E-state index is -0.127. The molecule has 0 unspecified atom stereocenters. The Morgan fingerprint density at radius 2 is 1.70 bits per heavy atom. The predicted octanol–water partition coefficient (Wildman–Crippen LogP) is 5.25. The van der Waals surface area contributed by atoms with Crippen LogP contribution in [0.2, 0.25) is 10.0 Å². The fourth-order valence-electron chi connectivity index (χ4n) is 4.00. The molecule has 0 atom stereocenters. The lowest BCUT2D eigenvalue weighted by Crippen LogP contribution is -2.46. The van der Waals surface area contributed by atoms with Gasteiger partial charge < -0.3 is 15.0 Å². The molecular weight excluding hydrogens is 457 g/mol. The number of nitrogens with zero attached hydrogens (tertiary/aromatic N) is 2. The predicted molar refractivity (Wildman–Crippen MR) is 135 cm³/mol. The van der Waals surface area contributed by atoms with Crippen LogP contribution < -0.4 is 15.0 Å². The zero-order valence-electron chi connectivity index (χ0n) is 18.6. The van der Waals surface area contributed by atoms with Gasteiger partial charge >= 0.3 is 0 Å². The first-order chi connectivity index (χ1) is 16.0. The van der Waals surface area contributed by atoms with Crippen LogP contribution in [-0.4, -0.2) is 44.1 Å². The van der Waals surface area contributed by atoms with Crippen LogP contribution in [0.5, 0.6) is 5.75 Å². The molecule has 7 heteroatoms. The van der Waals surface area contributed by atoms with E-state index in [9.17, 15) is 4.79 Å². The van der Waals surface area contributed by atoms with Crippen molar-refractivity contribution in [3.05, 3.63) is 93.5 Å². The second-order valence-corrected chi connectivity index (χ2v) is 8.89. The standard InChI is InChI=1S/C26H27Cl2N3O2/c1-33-25-5-3-2-4-24(25)31-14-12-30(13-15-31)18-19-6-8-20(9-7-19)26(32)29-17-21-10-11-22(27)16-23(21)28/h2-11,16H,12-15,17-18H2,1H3,(H,29,32). The third-order valence-electron chi connectivity index (χ3n) is 5.87. The Hall–Kier alpha value is -2.73. The molecule has 0 aliphatic carbocycles. The van der Waals surface area contributed by atoms with Crippen LogP contribution in [0.3, 0.4) is 0 Å². The average Bonchev–Trinajstić information content (AvgIpc) is 2.84. The van der Waals surface area contributed by atoms with Gasteiger partial charge in [-0.25, -0.2) is 0 Å². The Kier molecular flexibility index (Phi) is 7.76. The van der Waals surface area contributed by atoms with E-state index in [0.717, 1.165) is 49.7 Å². The number of hydrogen-bond donors (Lipinski definition) is 1. The molecule has 3 aromatic carbocycles. The number of piperazine rings is 1. The van der Waals surface area contributed by atoms with E-state index in [1.807, 2.05) is 48.5 Å². The molecule has 1 saturated heterocycles. The SMILES string of the molecule is COc1ccccc1N1CCN(Cc2ccc(C(=O)NCc3ccc(Cl)cc3Cl)cc2)CC1. The fraction of sp³-hybridized carbons (Fsp3) is 0.269. The van der Waals surface area contributed by atoms with Crippen molar-refractivity contribution in [2.24, 2.45) is 0 Å². The first kappa shape index (κ1) is 23.4. The monoisotopic (exact) mass is 483 g/mol. The highest BCUT2D eigenvalue weighted by Gasteiger charge is 2.19. The van der Waals surface area contributed by atoms with Crippen LogP contribution in [0.4, 0.5) is 5.69 Å². The van der Waals surface area contributed by atoms with Crippen LogP contribution in [-0.2, 0) is 13.1 Å². The summed E-state index contributed by atoms with van der Waals surface area (Å²) in [6, 6.07) is 21.2. The number of halogens is 2. The number of carbonyl (C=O) groups excluding carboxylic acids is 1. The minimum absolute atomic E-state index is 0.127. The molecule has 1 heterocycles. The minimum Gasteiger partial charge on any atom is -0.495 e. The lowest BCUT2D eigenvalue weighted by Gasteiger charge is -2.36. The third-order valence-corrected chi connectivity index (χ3v) is 6.46. The van der Waals surface area contributed by atoms with Gasteiger partial charge in [-0.3, -0.25) is 9.69 Å². The molecule has 0 bridgehead atoms. The highest BCUT2D eigenvalue weighted by atomic mass is 35.5. The number of carbonyl (C=O) groups is 1. The summed E-state index contributed by atoms with van der Waals surface area (Å²) in [6.07, 6.45) is 0. The topological polar surface area (TPSA) is 44.8 Å². The zero-order chi connectivity index (χ0) is 23.2. The van der Waals surface area contributed by atoms with Gasteiger partial charge in [0.2, 0.25) is 0 Å². The summed E-state index contributed by atoms with van der Waals surface area (Å²) in [6.45, 7) is 5.07. The number of nitrogens with one attached hydrogen (secondary N) is 1. The largest absolute Gasteiger partial charge is 0.495 e. The third kappa shape index (κ3) is 5.99. The van der Waals surface area contributed by atoms with E-state index in [1.165, 1.54) is 5.56 Å². The van der Waals surface area contributed by atoms with Gasteiger partial charge in [0.15, 0.2) is 0 Å². The first-order valence-electron chi connectivity index (χ1n) is 10.9. The van der Waals surface area contributed by atoms with Gasteiger partial charge in [0.25, 0.3) is 5.91 Å². The number of benzene rings is 3. The van der Waals surface area contributed by atoms with Crippen molar-refractivity contribution in [1.82, 2.24) is 10.2 Å². The van der Waals surface area contributed by atoms with Crippen molar-refractivity contribution >= 4 is 34.8 Å². The molecule has 3 aromatic rings. The summed E-state index contributed by atoms with van der Waals surface area (Å²) < 4.78 is 5.50. The van der Waals surface area contributed by atoms with Gasteiger partial charge in [0, 0.05) is 54.9 Å². The second kappa shape index (κ2) is 10.9. The smallest absolute Gasteiger partial charge is 0.251 e. The highest BCUT2D eigenvalue weighted by Crippen LogP contribution is 2.28. The molecule has 1 N–H and O–H groups in total. The van der Waals surface area contributed by atoms with Gasteiger partial charge in [-0.15, -0.1) is 0 Å². The van der Waals surface area contributed by atoms with E-state index in [2.05, 4.69) is 21.2 Å². The molecule has 1 amide bonds. The summed E-state index contributed by atoms with van der Waals surface area (Å²) in [5.74, 6) is 0.788. The molecular formula is C26H27Cl2N3O2. The summed E-state index contributed by atoms with van der Waals surface area (Å²) >= 11 is 12.1. The van der Waals surface area contributed by atoms with Gasteiger partial charge in [-0.05, 0) is 47.5 Å². The number of anilines is 1. The van der Waals surface area contributed by atoms with Crippen molar-refractivity contribution in [3.8, 4) is 5.75 Å². The molecule has 0 saturated carbocycles. The lowest BCUT2D eigenvalue weighted by molar-refractivity contribution is 0.0951. The maximum absolute atomic E-state index is 12.5. The van der Waals surface area contributed by atoms with Gasteiger partial charge in [-0.1, -0.05) is 53.5 Å². The van der Waals surface area contributed by atoms with Crippen LogP contribution in [0.15, 0.2) is 66.7 Å². The highest BCUT2D eigenvalue weighted by molar-refractivity contribution is 6.35. The molecule has 0 aromatic heterocycles. The van der Waals surface area contributed by atoms with Crippen LogP contribution in [0.1, 0.15) is 21.5 Å². The number of methoxy groups -OCH3 is 1. The molecule has 5 nitrogen and oxygen atoms in total. The van der Waals surface area contributed by atoms with Crippen molar-refractivity contribution in [3.63, 3.8) is 0 Å². The second-order valence-electron chi connectivity index (χ2n) is 8.05. The molecule has 172 valence electrons. The van der Waals surface area contributed by atoms with Crippen molar-refractivity contribution < 1.29 is 9.53 Å². The summed E-state index contributed by atoms with van der Waals surface area (Å²) in [7, 11) is 1.71. The number of ether oxygens (including phenoxy) is 1. The van der Waals surface area contributed by atoms with Gasteiger partial charge in [-0.2, -0.15) is 0 Å². The van der Waals surface area contributed by atoms with E-state index in [4.69, 9.17) is 27.9 Å². The molecule has 1 aliphatic rings. The van der Waals surface area contributed by atoms with Crippen LogP contribution >= 0.6 is 23.2 Å². The average molecular weight is 484 g/mol. The molecule has 4 rings (SSSR count). The molecule has 0 radical (unpaired) electrons. The van der Waals surface area contributed by atoms with Crippen molar-refractivity contribution in [1.29, 1.82) is 0 Å². The molecule has 1 aliphatic heterocycles. The van der Waals surface area contributed by atoms with E-state index in [1.54, 1.807) is 19.2 Å². The molecule has 33 heavy (non-hydrogen) atoms. The number of hydrogen-bond acceptors (Lipinski definition) is 4. The van der Waals surface area contributed by atoms with Crippen molar-refractivity contribution in [2.45, 2.75) is 13.1 Å². The number of rotatable bonds is 7. The maximum Gasteiger partial charge on any atom is 0.251 e. The Morgan fingerprint density at radius 1 is 0.970 bits per heavy atom. The maximum atomic E-state index is 12.5. The number of para-hydroxylation sites is 2.